The molecule has 0 atom stereocenters. The smallest absolute Gasteiger partial charge is 0.341 e. The summed E-state index contributed by atoms with van der Waals surface area (Å²) >= 11 is 2.77. The molecular formula is C26H30N4O4S2. The Morgan fingerprint density at radius 1 is 1.22 bits per heavy atom. The number of esters is 1. The zero-order chi connectivity index (χ0) is 25.5. The SMILES string of the molecule is C=CCn1c(SCC(=O)Nc2sc3c(c2C(=O)OC)CCCCC3)nnc1-c1ccccc1OCC. The second kappa shape index (κ2) is 12.2. The van der Waals surface area contributed by atoms with Gasteiger partial charge in [-0.05, 0) is 50.3 Å². The minimum absolute atomic E-state index is 0.117. The highest BCUT2D eigenvalue weighted by atomic mass is 32.2. The maximum absolute atomic E-state index is 12.9. The van der Waals surface area contributed by atoms with E-state index in [0.29, 0.717) is 34.7 Å². The van der Waals surface area contributed by atoms with E-state index in [2.05, 4.69) is 22.1 Å². The third kappa shape index (κ3) is 5.65. The summed E-state index contributed by atoms with van der Waals surface area (Å²) in [5.41, 5.74) is 2.35. The summed E-state index contributed by atoms with van der Waals surface area (Å²) in [4.78, 5) is 26.7. The molecule has 190 valence electrons. The molecule has 0 fully saturated rings. The molecule has 0 radical (unpaired) electrons. The van der Waals surface area contributed by atoms with Crippen molar-refractivity contribution in [2.24, 2.45) is 0 Å². The Labute approximate surface area is 219 Å². The first-order valence-electron chi connectivity index (χ1n) is 12.0. The summed E-state index contributed by atoms with van der Waals surface area (Å²) in [5, 5.41) is 12.8. The van der Waals surface area contributed by atoms with Crippen molar-refractivity contribution in [3.8, 4) is 17.1 Å². The lowest BCUT2D eigenvalue weighted by molar-refractivity contribution is -0.113. The number of methoxy groups -OCH3 is 1. The van der Waals surface area contributed by atoms with Crippen LogP contribution in [0.15, 0.2) is 42.1 Å². The Bertz CT molecular complexity index is 1250. The number of thioether (sulfide) groups is 1. The van der Waals surface area contributed by atoms with Crippen LogP contribution in [0.5, 0.6) is 5.75 Å². The number of nitrogens with one attached hydrogen (secondary N) is 1. The van der Waals surface area contributed by atoms with Crippen molar-refractivity contribution in [3.63, 3.8) is 0 Å². The first-order valence-corrected chi connectivity index (χ1v) is 13.8. The highest BCUT2D eigenvalue weighted by molar-refractivity contribution is 7.99. The number of rotatable bonds is 10. The Morgan fingerprint density at radius 3 is 2.81 bits per heavy atom. The van der Waals surface area contributed by atoms with E-state index in [9.17, 15) is 9.59 Å². The summed E-state index contributed by atoms with van der Waals surface area (Å²) in [5.74, 6) is 0.870. The standard InChI is InChI=1S/C26H30N4O4S2/c1-4-15-30-23(17-11-9-10-13-19(17)34-5-2)28-29-26(30)35-16-21(31)27-24-22(25(32)33-3)18-12-7-6-8-14-20(18)36-24/h4,9-11,13H,1,5-8,12,14-16H2,2-3H3,(H,27,31). The molecule has 10 heteroatoms. The normalized spacial score (nSPS) is 12.9. The first-order chi connectivity index (χ1) is 17.6. The summed E-state index contributed by atoms with van der Waals surface area (Å²) < 4.78 is 12.7. The zero-order valence-electron chi connectivity index (χ0n) is 20.5. The highest BCUT2D eigenvalue weighted by Crippen LogP contribution is 2.38. The fraction of sp³-hybridized carbons (Fsp3) is 0.385. The largest absolute Gasteiger partial charge is 0.493 e. The summed E-state index contributed by atoms with van der Waals surface area (Å²) in [6.45, 7) is 6.81. The number of nitrogens with zero attached hydrogens (tertiary/aromatic N) is 3. The van der Waals surface area contributed by atoms with E-state index >= 15 is 0 Å². The number of anilines is 1. The van der Waals surface area contributed by atoms with Crippen LogP contribution < -0.4 is 10.1 Å². The van der Waals surface area contributed by atoms with Gasteiger partial charge in [0.1, 0.15) is 10.8 Å². The van der Waals surface area contributed by atoms with Crippen LogP contribution in [0.4, 0.5) is 5.00 Å². The van der Waals surface area contributed by atoms with Crippen LogP contribution in [0.3, 0.4) is 0 Å². The fourth-order valence-corrected chi connectivity index (χ4v) is 6.30. The molecule has 8 nitrogen and oxygen atoms in total. The van der Waals surface area contributed by atoms with Crippen molar-refractivity contribution < 1.29 is 19.1 Å². The van der Waals surface area contributed by atoms with E-state index in [4.69, 9.17) is 9.47 Å². The Kier molecular flexibility index (Phi) is 8.82. The highest BCUT2D eigenvalue weighted by Gasteiger charge is 2.26. The van der Waals surface area contributed by atoms with Crippen LogP contribution in [-0.4, -0.2) is 46.1 Å². The van der Waals surface area contributed by atoms with Gasteiger partial charge in [0.05, 0.1) is 30.6 Å². The average molecular weight is 527 g/mol. The van der Waals surface area contributed by atoms with Gasteiger partial charge in [0.15, 0.2) is 11.0 Å². The topological polar surface area (TPSA) is 95.3 Å². The number of carbonyl (C=O) groups excluding carboxylic acids is 2. The monoisotopic (exact) mass is 526 g/mol. The molecule has 2 heterocycles. The number of amides is 1. The number of para-hydroxylation sites is 1. The number of ether oxygens (including phenoxy) is 2. The van der Waals surface area contributed by atoms with Crippen molar-refractivity contribution in [2.75, 3.05) is 24.8 Å². The molecule has 1 amide bonds. The number of allylic oxidation sites excluding steroid dienone is 1. The lowest BCUT2D eigenvalue weighted by Gasteiger charge is -2.11. The molecule has 0 saturated carbocycles. The predicted molar refractivity (Wildman–Crippen MR) is 143 cm³/mol. The number of hydrogen-bond acceptors (Lipinski definition) is 8. The maximum Gasteiger partial charge on any atom is 0.341 e. The molecule has 3 aromatic rings. The molecule has 2 aromatic heterocycles. The molecule has 4 rings (SSSR count). The Balaban J connectivity index is 1.52. The van der Waals surface area contributed by atoms with Crippen molar-refractivity contribution >= 4 is 40.0 Å². The van der Waals surface area contributed by atoms with Crippen molar-refractivity contribution in [2.45, 2.75) is 50.7 Å². The fourth-order valence-electron chi connectivity index (χ4n) is 4.26. The zero-order valence-corrected chi connectivity index (χ0v) is 22.2. The van der Waals surface area contributed by atoms with Gasteiger partial charge in [-0.2, -0.15) is 0 Å². The van der Waals surface area contributed by atoms with Crippen LogP contribution >= 0.6 is 23.1 Å². The molecule has 36 heavy (non-hydrogen) atoms. The molecule has 0 aliphatic heterocycles. The number of carbonyl (C=O) groups is 2. The van der Waals surface area contributed by atoms with Crippen LogP contribution in [-0.2, 0) is 28.9 Å². The molecule has 1 aliphatic carbocycles. The molecule has 0 spiro atoms. The van der Waals surface area contributed by atoms with Gasteiger partial charge < -0.3 is 14.8 Å². The van der Waals surface area contributed by atoms with Gasteiger partial charge in [0.2, 0.25) is 5.91 Å². The van der Waals surface area contributed by atoms with E-state index in [1.54, 1.807) is 6.08 Å². The third-order valence-corrected chi connectivity index (χ3v) is 8.03. The minimum Gasteiger partial charge on any atom is -0.493 e. The van der Waals surface area contributed by atoms with Crippen LogP contribution in [0.2, 0.25) is 0 Å². The summed E-state index contributed by atoms with van der Waals surface area (Å²) in [6, 6.07) is 7.67. The number of benzene rings is 1. The number of aryl methyl sites for hydroxylation is 1. The summed E-state index contributed by atoms with van der Waals surface area (Å²) in [6.07, 6.45) is 6.78. The molecular weight excluding hydrogens is 496 g/mol. The number of fused-ring (bicyclic) bond motifs is 1. The second-order valence-electron chi connectivity index (χ2n) is 8.23. The molecule has 1 N–H and O–H groups in total. The molecule has 0 unspecified atom stereocenters. The quantitative estimate of drug-likeness (QED) is 0.164. The maximum atomic E-state index is 12.9. The van der Waals surface area contributed by atoms with Crippen molar-refractivity contribution in [3.05, 3.63) is 52.9 Å². The Morgan fingerprint density at radius 2 is 2.03 bits per heavy atom. The van der Waals surface area contributed by atoms with E-state index < -0.39 is 5.97 Å². The molecule has 1 aromatic carbocycles. The van der Waals surface area contributed by atoms with E-state index in [1.807, 2.05) is 35.8 Å². The van der Waals surface area contributed by atoms with Gasteiger partial charge >= 0.3 is 5.97 Å². The summed E-state index contributed by atoms with van der Waals surface area (Å²) in [7, 11) is 1.37. The van der Waals surface area contributed by atoms with Crippen molar-refractivity contribution in [1.82, 2.24) is 14.8 Å². The predicted octanol–water partition coefficient (Wildman–Crippen LogP) is 5.38. The second-order valence-corrected chi connectivity index (χ2v) is 10.3. The Hall–Kier alpha value is -3.11. The van der Waals surface area contributed by atoms with E-state index in [1.165, 1.54) is 35.1 Å². The lowest BCUT2D eigenvalue weighted by Crippen LogP contribution is -2.16. The minimum atomic E-state index is -0.402. The van der Waals surface area contributed by atoms with Gasteiger partial charge in [0, 0.05) is 11.4 Å². The van der Waals surface area contributed by atoms with Crippen LogP contribution in [0, 0.1) is 0 Å². The molecule has 1 aliphatic rings. The van der Waals surface area contributed by atoms with Gasteiger partial charge in [-0.15, -0.1) is 28.1 Å². The van der Waals surface area contributed by atoms with Gasteiger partial charge in [-0.25, -0.2) is 4.79 Å². The van der Waals surface area contributed by atoms with E-state index in [-0.39, 0.29) is 11.7 Å². The average Bonchev–Trinajstić information content (AvgIpc) is 3.35. The van der Waals surface area contributed by atoms with Gasteiger partial charge in [-0.3, -0.25) is 9.36 Å². The van der Waals surface area contributed by atoms with Gasteiger partial charge in [-0.1, -0.05) is 36.4 Å². The van der Waals surface area contributed by atoms with Crippen LogP contribution in [0.1, 0.15) is 47.0 Å². The van der Waals surface area contributed by atoms with Gasteiger partial charge in [0.25, 0.3) is 0 Å². The number of aromatic nitrogens is 3. The third-order valence-electron chi connectivity index (χ3n) is 5.85. The first kappa shape index (κ1) is 26.0. The van der Waals surface area contributed by atoms with E-state index in [0.717, 1.165) is 49.0 Å². The number of thiophene rings is 1. The lowest BCUT2D eigenvalue weighted by atomic mass is 10.1. The molecule has 0 bridgehead atoms. The van der Waals surface area contributed by atoms with Crippen molar-refractivity contribution in [1.29, 1.82) is 0 Å². The molecule has 0 saturated heterocycles. The van der Waals surface area contributed by atoms with Crippen LogP contribution in [0.25, 0.3) is 11.4 Å². The number of hydrogen-bond donors (Lipinski definition) is 1.